The van der Waals surface area contributed by atoms with Gasteiger partial charge in [-0.25, -0.2) is 4.98 Å². The Morgan fingerprint density at radius 1 is 1.33 bits per heavy atom. The predicted molar refractivity (Wildman–Crippen MR) is 75.9 cm³/mol. The fourth-order valence-corrected chi connectivity index (χ4v) is 1.96. The minimum absolute atomic E-state index is 0.224. The molecular formula is C15H20N2O. The maximum absolute atomic E-state index is 9.52. The van der Waals surface area contributed by atoms with Crippen molar-refractivity contribution in [2.45, 2.75) is 32.8 Å². The van der Waals surface area contributed by atoms with E-state index in [1.165, 1.54) is 0 Å². The van der Waals surface area contributed by atoms with E-state index >= 15 is 0 Å². The van der Waals surface area contributed by atoms with Crippen LogP contribution in [0.2, 0.25) is 0 Å². The molecule has 96 valence electrons. The van der Waals surface area contributed by atoms with Crippen molar-refractivity contribution in [1.82, 2.24) is 4.98 Å². The Hall–Kier alpha value is -1.61. The highest BCUT2D eigenvalue weighted by Gasteiger charge is 2.04. The summed E-state index contributed by atoms with van der Waals surface area (Å²) in [5.74, 6) is 0.914. The molecule has 3 heteroatoms. The van der Waals surface area contributed by atoms with Gasteiger partial charge in [0, 0.05) is 11.9 Å². The van der Waals surface area contributed by atoms with Crippen LogP contribution < -0.4 is 5.32 Å². The zero-order chi connectivity index (χ0) is 13.0. The number of para-hydroxylation sites is 1. The van der Waals surface area contributed by atoms with Crippen molar-refractivity contribution in [3.05, 3.63) is 35.9 Å². The molecule has 0 aliphatic heterocycles. The summed E-state index contributed by atoms with van der Waals surface area (Å²) in [7, 11) is 0. The van der Waals surface area contributed by atoms with Gasteiger partial charge < -0.3 is 10.4 Å². The molecule has 1 unspecified atom stereocenters. The fourth-order valence-electron chi connectivity index (χ4n) is 1.96. The van der Waals surface area contributed by atoms with Crippen LogP contribution in [0.25, 0.3) is 10.9 Å². The molecule has 2 N–H and O–H groups in total. The number of nitrogens with zero attached hydrogens (tertiary/aromatic N) is 1. The number of aliphatic hydroxyl groups is 1. The van der Waals surface area contributed by atoms with E-state index in [1.807, 2.05) is 25.1 Å². The van der Waals surface area contributed by atoms with Crippen LogP contribution in [-0.2, 0) is 0 Å². The molecule has 3 nitrogen and oxygen atoms in total. The molecule has 1 heterocycles. The maximum Gasteiger partial charge on any atom is 0.129 e. The average Bonchev–Trinajstić information content (AvgIpc) is 2.39. The lowest BCUT2D eigenvalue weighted by Crippen LogP contribution is -2.13. The van der Waals surface area contributed by atoms with Crippen LogP contribution >= 0.6 is 0 Å². The lowest BCUT2D eigenvalue weighted by Gasteiger charge is -2.12. The second-order valence-electron chi connectivity index (χ2n) is 4.62. The topological polar surface area (TPSA) is 45.1 Å². The molecule has 1 aromatic carbocycles. The van der Waals surface area contributed by atoms with Crippen LogP contribution in [0.15, 0.2) is 30.3 Å². The Morgan fingerprint density at radius 2 is 2.11 bits per heavy atom. The summed E-state index contributed by atoms with van der Waals surface area (Å²) in [6.45, 7) is 4.80. The van der Waals surface area contributed by atoms with Crippen molar-refractivity contribution in [2.24, 2.45) is 0 Å². The lowest BCUT2D eigenvalue weighted by molar-refractivity contribution is 0.164. The van der Waals surface area contributed by atoms with E-state index < -0.39 is 0 Å². The summed E-state index contributed by atoms with van der Waals surface area (Å²) in [6.07, 6.45) is 1.33. The van der Waals surface area contributed by atoms with E-state index in [0.717, 1.165) is 41.7 Å². The Bertz CT molecular complexity index is 525. The van der Waals surface area contributed by atoms with Crippen LogP contribution in [0.3, 0.4) is 0 Å². The summed E-state index contributed by atoms with van der Waals surface area (Å²) in [4.78, 5) is 4.60. The molecule has 0 aliphatic carbocycles. The first-order valence-corrected chi connectivity index (χ1v) is 6.49. The minimum atomic E-state index is -0.224. The highest BCUT2D eigenvalue weighted by molar-refractivity contribution is 5.81. The van der Waals surface area contributed by atoms with Gasteiger partial charge in [0.05, 0.1) is 11.6 Å². The molecule has 18 heavy (non-hydrogen) atoms. The Morgan fingerprint density at radius 3 is 2.89 bits per heavy atom. The van der Waals surface area contributed by atoms with E-state index in [2.05, 4.69) is 29.4 Å². The SMILES string of the molecule is CCC(O)CCNc1nc2ccccc2cc1C. The third kappa shape index (κ3) is 2.99. The van der Waals surface area contributed by atoms with Crippen LogP contribution in [0.5, 0.6) is 0 Å². The normalized spacial score (nSPS) is 12.6. The number of fused-ring (bicyclic) bond motifs is 1. The fraction of sp³-hybridized carbons (Fsp3) is 0.400. The van der Waals surface area contributed by atoms with Gasteiger partial charge in [0.1, 0.15) is 5.82 Å². The third-order valence-electron chi connectivity index (χ3n) is 3.16. The highest BCUT2D eigenvalue weighted by atomic mass is 16.3. The first-order chi connectivity index (χ1) is 8.70. The van der Waals surface area contributed by atoms with Gasteiger partial charge in [-0.2, -0.15) is 0 Å². The number of rotatable bonds is 5. The lowest BCUT2D eigenvalue weighted by atomic mass is 10.1. The molecule has 0 fully saturated rings. The number of aromatic nitrogens is 1. The number of anilines is 1. The van der Waals surface area contributed by atoms with Crippen molar-refractivity contribution < 1.29 is 5.11 Å². The van der Waals surface area contributed by atoms with Gasteiger partial charge in [0.25, 0.3) is 0 Å². The summed E-state index contributed by atoms with van der Waals surface area (Å²) in [5, 5.41) is 14.0. The van der Waals surface area contributed by atoms with Gasteiger partial charge in [-0.05, 0) is 37.5 Å². The van der Waals surface area contributed by atoms with Gasteiger partial charge in [-0.3, -0.25) is 0 Å². The van der Waals surface area contributed by atoms with Gasteiger partial charge in [0.15, 0.2) is 0 Å². The molecular weight excluding hydrogens is 224 g/mol. The molecule has 0 saturated heterocycles. The standard InChI is InChI=1S/C15H20N2O/c1-3-13(18)8-9-16-15-11(2)10-12-6-4-5-7-14(12)17-15/h4-7,10,13,18H,3,8-9H2,1-2H3,(H,16,17). The smallest absolute Gasteiger partial charge is 0.129 e. The number of hydrogen-bond donors (Lipinski definition) is 2. The van der Waals surface area contributed by atoms with Gasteiger partial charge in [-0.1, -0.05) is 25.1 Å². The molecule has 0 aliphatic rings. The molecule has 0 bridgehead atoms. The highest BCUT2D eigenvalue weighted by Crippen LogP contribution is 2.19. The third-order valence-corrected chi connectivity index (χ3v) is 3.16. The minimum Gasteiger partial charge on any atom is -0.393 e. The van der Waals surface area contributed by atoms with E-state index in [-0.39, 0.29) is 6.10 Å². The first-order valence-electron chi connectivity index (χ1n) is 6.49. The zero-order valence-corrected chi connectivity index (χ0v) is 11.0. The van der Waals surface area contributed by atoms with Crippen LogP contribution in [0, 0.1) is 6.92 Å². The molecule has 0 amide bonds. The Kier molecular flexibility index (Phi) is 4.15. The van der Waals surface area contributed by atoms with Gasteiger partial charge in [0.2, 0.25) is 0 Å². The molecule has 2 aromatic rings. The number of hydrogen-bond acceptors (Lipinski definition) is 3. The monoisotopic (exact) mass is 244 g/mol. The van der Waals surface area contributed by atoms with Crippen molar-refractivity contribution in [2.75, 3.05) is 11.9 Å². The average molecular weight is 244 g/mol. The summed E-state index contributed by atoms with van der Waals surface area (Å²) in [6, 6.07) is 10.2. The predicted octanol–water partition coefficient (Wildman–Crippen LogP) is 3.12. The molecule has 1 aromatic heterocycles. The van der Waals surface area contributed by atoms with Gasteiger partial charge in [-0.15, -0.1) is 0 Å². The van der Waals surface area contributed by atoms with E-state index in [9.17, 15) is 5.11 Å². The molecule has 0 spiro atoms. The molecule has 0 radical (unpaired) electrons. The number of pyridine rings is 1. The number of aryl methyl sites for hydroxylation is 1. The Balaban J connectivity index is 2.10. The molecule has 2 rings (SSSR count). The van der Waals surface area contributed by atoms with E-state index in [4.69, 9.17) is 0 Å². The number of benzene rings is 1. The van der Waals surface area contributed by atoms with Crippen molar-refractivity contribution in [1.29, 1.82) is 0 Å². The first kappa shape index (κ1) is 12.8. The zero-order valence-electron chi connectivity index (χ0n) is 11.0. The van der Waals surface area contributed by atoms with Crippen LogP contribution in [-0.4, -0.2) is 22.7 Å². The quantitative estimate of drug-likeness (QED) is 0.849. The number of aliphatic hydroxyl groups excluding tert-OH is 1. The second kappa shape index (κ2) is 5.83. The summed E-state index contributed by atoms with van der Waals surface area (Å²) in [5.41, 5.74) is 2.14. The maximum atomic E-state index is 9.52. The van der Waals surface area contributed by atoms with E-state index in [0.29, 0.717) is 0 Å². The number of nitrogens with one attached hydrogen (secondary N) is 1. The van der Waals surface area contributed by atoms with Crippen molar-refractivity contribution in [3.63, 3.8) is 0 Å². The van der Waals surface area contributed by atoms with E-state index in [1.54, 1.807) is 0 Å². The van der Waals surface area contributed by atoms with Crippen LogP contribution in [0.4, 0.5) is 5.82 Å². The Labute approximate surface area is 108 Å². The van der Waals surface area contributed by atoms with Gasteiger partial charge >= 0.3 is 0 Å². The second-order valence-corrected chi connectivity index (χ2v) is 4.62. The van der Waals surface area contributed by atoms with Crippen molar-refractivity contribution in [3.8, 4) is 0 Å². The molecule has 0 saturated carbocycles. The largest absolute Gasteiger partial charge is 0.393 e. The summed E-state index contributed by atoms with van der Waals surface area (Å²) < 4.78 is 0. The van der Waals surface area contributed by atoms with Crippen molar-refractivity contribution >= 4 is 16.7 Å². The molecule has 1 atom stereocenters. The van der Waals surface area contributed by atoms with Crippen LogP contribution in [0.1, 0.15) is 25.3 Å². The summed E-state index contributed by atoms with van der Waals surface area (Å²) >= 11 is 0.